The fourth-order valence-electron chi connectivity index (χ4n) is 2.25. The summed E-state index contributed by atoms with van der Waals surface area (Å²) in [6, 6.07) is 8.52. The van der Waals surface area contributed by atoms with Crippen LogP contribution in [0.2, 0.25) is 0 Å². The van der Waals surface area contributed by atoms with Gasteiger partial charge in [-0.05, 0) is 36.3 Å². The fraction of sp³-hybridized carbons (Fsp3) is 0.588. The Morgan fingerprint density at radius 2 is 2.00 bits per heavy atom. The molecule has 0 unspecified atom stereocenters. The van der Waals surface area contributed by atoms with Crippen molar-refractivity contribution in [2.75, 3.05) is 26.8 Å². The number of hydrogen-bond acceptors (Lipinski definition) is 2. The van der Waals surface area contributed by atoms with Gasteiger partial charge in [0.25, 0.3) is 0 Å². The van der Waals surface area contributed by atoms with Crippen molar-refractivity contribution in [3.63, 3.8) is 0 Å². The second-order valence-electron chi connectivity index (χ2n) is 5.49. The zero-order chi connectivity index (χ0) is 14.9. The van der Waals surface area contributed by atoms with Crippen LogP contribution in [-0.2, 0) is 17.7 Å². The SMILES string of the molecule is CCc1ccccc1CNC(=NC)NCCOCC1CC1. The molecule has 1 saturated carbocycles. The first-order valence-electron chi connectivity index (χ1n) is 7.92. The molecule has 0 aromatic heterocycles. The predicted octanol–water partition coefficient (Wildman–Crippen LogP) is 2.34. The zero-order valence-electron chi connectivity index (χ0n) is 13.2. The van der Waals surface area contributed by atoms with E-state index in [1.54, 1.807) is 7.05 Å². The zero-order valence-corrected chi connectivity index (χ0v) is 13.2. The maximum absolute atomic E-state index is 5.61. The van der Waals surface area contributed by atoms with Crippen LogP contribution < -0.4 is 10.6 Å². The molecule has 0 atom stereocenters. The van der Waals surface area contributed by atoms with Gasteiger partial charge < -0.3 is 15.4 Å². The molecule has 1 aliphatic carbocycles. The molecule has 0 amide bonds. The van der Waals surface area contributed by atoms with E-state index >= 15 is 0 Å². The van der Waals surface area contributed by atoms with Crippen LogP contribution in [0.4, 0.5) is 0 Å². The molecule has 1 aromatic rings. The van der Waals surface area contributed by atoms with Crippen molar-refractivity contribution in [3.05, 3.63) is 35.4 Å². The summed E-state index contributed by atoms with van der Waals surface area (Å²) in [7, 11) is 1.80. The minimum absolute atomic E-state index is 0.739. The summed E-state index contributed by atoms with van der Waals surface area (Å²) >= 11 is 0. The normalized spacial score (nSPS) is 15.0. The average molecular weight is 289 g/mol. The van der Waals surface area contributed by atoms with Crippen LogP contribution in [0.5, 0.6) is 0 Å². The number of benzene rings is 1. The Hall–Kier alpha value is -1.55. The van der Waals surface area contributed by atoms with Gasteiger partial charge in [0.15, 0.2) is 5.96 Å². The minimum atomic E-state index is 0.739. The van der Waals surface area contributed by atoms with E-state index in [2.05, 4.69) is 46.8 Å². The summed E-state index contributed by atoms with van der Waals surface area (Å²) in [6.07, 6.45) is 3.74. The fourth-order valence-corrected chi connectivity index (χ4v) is 2.25. The number of rotatable bonds is 8. The van der Waals surface area contributed by atoms with Gasteiger partial charge in [-0.3, -0.25) is 4.99 Å². The number of hydrogen-bond donors (Lipinski definition) is 2. The Balaban J connectivity index is 1.66. The number of aryl methyl sites for hydroxylation is 1. The lowest BCUT2D eigenvalue weighted by molar-refractivity contribution is 0.129. The number of nitrogens with zero attached hydrogens (tertiary/aromatic N) is 1. The topological polar surface area (TPSA) is 45.7 Å². The van der Waals surface area contributed by atoms with Gasteiger partial charge in [0.1, 0.15) is 0 Å². The van der Waals surface area contributed by atoms with Crippen molar-refractivity contribution in [2.24, 2.45) is 10.9 Å². The molecule has 21 heavy (non-hydrogen) atoms. The van der Waals surface area contributed by atoms with Crippen molar-refractivity contribution in [2.45, 2.75) is 32.7 Å². The largest absolute Gasteiger partial charge is 0.379 e. The molecule has 1 aromatic carbocycles. The van der Waals surface area contributed by atoms with Crippen molar-refractivity contribution < 1.29 is 4.74 Å². The monoisotopic (exact) mass is 289 g/mol. The van der Waals surface area contributed by atoms with Crippen LogP contribution in [0.1, 0.15) is 30.9 Å². The predicted molar refractivity (Wildman–Crippen MR) is 87.6 cm³/mol. The highest BCUT2D eigenvalue weighted by molar-refractivity contribution is 5.79. The first kappa shape index (κ1) is 15.8. The quantitative estimate of drug-likeness (QED) is 0.439. The van der Waals surface area contributed by atoms with Crippen LogP contribution in [0.15, 0.2) is 29.3 Å². The van der Waals surface area contributed by atoms with Crippen LogP contribution in [0.25, 0.3) is 0 Å². The molecule has 2 rings (SSSR count). The molecule has 0 heterocycles. The van der Waals surface area contributed by atoms with E-state index in [9.17, 15) is 0 Å². The summed E-state index contributed by atoms with van der Waals surface area (Å²) in [5, 5.41) is 6.64. The van der Waals surface area contributed by atoms with E-state index in [0.717, 1.165) is 44.6 Å². The maximum Gasteiger partial charge on any atom is 0.191 e. The standard InChI is InChI=1S/C17H27N3O/c1-3-15-6-4-5-7-16(15)12-20-17(18-2)19-10-11-21-13-14-8-9-14/h4-7,14H,3,8-13H2,1-2H3,(H2,18,19,20). The molecule has 0 aliphatic heterocycles. The summed E-state index contributed by atoms with van der Waals surface area (Å²) in [6.45, 7) is 5.43. The first-order chi connectivity index (χ1) is 10.3. The highest BCUT2D eigenvalue weighted by Crippen LogP contribution is 2.28. The van der Waals surface area contributed by atoms with Gasteiger partial charge in [-0.15, -0.1) is 0 Å². The summed E-state index contributed by atoms with van der Waals surface area (Å²) in [5.74, 6) is 1.66. The lowest BCUT2D eigenvalue weighted by Gasteiger charge is -2.13. The number of aliphatic imine (C=N–C) groups is 1. The lowest BCUT2D eigenvalue weighted by Crippen LogP contribution is -2.38. The van der Waals surface area contributed by atoms with E-state index < -0.39 is 0 Å². The van der Waals surface area contributed by atoms with Crippen LogP contribution in [0.3, 0.4) is 0 Å². The third-order valence-corrected chi connectivity index (χ3v) is 3.76. The number of ether oxygens (including phenoxy) is 1. The van der Waals surface area contributed by atoms with Gasteiger partial charge in [0.05, 0.1) is 6.61 Å². The molecule has 0 radical (unpaired) electrons. The highest BCUT2D eigenvalue weighted by Gasteiger charge is 2.20. The molecule has 4 heteroatoms. The summed E-state index contributed by atoms with van der Waals surface area (Å²) in [5.41, 5.74) is 2.71. The Morgan fingerprint density at radius 3 is 2.67 bits per heavy atom. The van der Waals surface area contributed by atoms with E-state index in [1.807, 2.05) is 0 Å². The third-order valence-electron chi connectivity index (χ3n) is 3.76. The van der Waals surface area contributed by atoms with Crippen molar-refractivity contribution in [1.29, 1.82) is 0 Å². The molecule has 116 valence electrons. The average Bonchev–Trinajstić information content (AvgIpc) is 3.34. The number of nitrogens with one attached hydrogen (secondary N) is 2. The highest BCUT2D eigenvalue weighted by atomic mass is 16.5. The molecule has 2 N–H and O–H groups in total. The molecule has 0 saturated heterocycles. The van der Waals surface area contributed by atoms with E-state index in [4.69, 9.17) is 4.74 Å². The maximum atomic E-state index is 5.61. The molecule has 1 fully saturated rings. The Morgan fingerprint density at radius 1 is 1.24 bits per heavy atom. The van der Waals surface area contributed by atoms with Gasteiger partial charge in [-0.1, -0.05) is 31.2 Å². The first-order valence-corrected chi connectivity index (χ1v) is 7.92. The van der Waals surface area contributed by atoms with E-state index in [-0.39, 0.29) is 0 Å². The molecule has 4 nitrogen and oxygen atoms in total. The molecule has 0 bridgehead atoms. The lowest BCUT2D eigenvalue weighted by atomic mass is 10.1. The van der Waals surface area contributed by atoms with Gasteiger partial charge in [0, 0.05) is 26.7 Å². The molecular formula is C17H27N3O. The Labute approximate surface area is 128 Å². The summed E-state index contributed by atoms with van der Waals surface area (Å²) < 4.78 is 5.61. The molecule has 1 aliphatic rings. The van der Waals surface area contributed by atoms with Crippen LogP contribution in [0, 0.1) is 5.92 Å². The van der Waals surface area contributed by atoms with E-state index in [1.165, 1.54) is 24.0 Å². The Kier molecular flexibility index (Phi) is 6.54. The third kappa shape index (κ3) is 5.76. The second-order valence-corrected chi connectivity index (χ2v) is 5.49. The Bertz CT molecular complexity index is 455. The van der Waals surface area contributed by atoms with Gasteiger partial charge in [-0.2, -0.15) is 0 Å². The van der Waals surface area contributed by atoms with Gasteiger partial charge in [0.2, 0.25) is 0 Å². The van der Waals surface area contributed by atoms with Crippen LogP contribution >= 0.6 is 0 Å². The minimum Gasteiger partial charge on any atom is -0.379 e. The van der Waals surface area contributed by atoms with Gasteiger partial charge >= 0.3 is 0 Å². The van der Waals surface area contributed by atoms with Crippen molar-refractivity contribution >= 4 is 5.96 Å². The smallest absolute Gasteiger partial charge is 0.191 e. The second kappa shape index (κ2) is 8.67. The van der Waals surface area contributed by atoms with Crippen LogP contribution in [-0.4, -0.2) is 32.8 Å². The van der Waals surface area contributed by atoms with Gasteiger partial charge in [-0.25, -0.2) is 0 Å². The summed E-state index contributed by atoms with van der Waals surface area (Å²) in [4.78, 5) is 4.24. The van der Waals surface area contributed by atoms with E-state index in [0.29, 0.717) is 0 Å². The molecule has 0 spiro atoms. The number of guanidine groups is 1. The van der Waals surface area contributed by atoms with Crippen molar-refractivity contribution in [1.82, 2.24) is 10.6 Å². The van der Waals surface area contributed by atoms with Crippen molar-refractivity contribution in [3.8, 4) is 0 Å². The molecular weight excluding hydrogens is 262 g/mol.